The molecule has 7 nitrogen and oxygen atoms in total. The summed E-state index contributed by atoms with van der Waals surface area (Å²) in [6, 6.07) is 11.5. The van der Waals surface area contributed by atoms with Gasteiger partial charge in [0.05, 0.1) is 12.2 Å². The van der Waals surface area contributed by atoms with E-state index in [1.54, 1.807) is 0 Å². The molecule has 2 heterocycles. The Morgan fingerprint density at radius 2 is 0.940 bits per heavy atom. The van der Waals surface area contributed by atoms with Gasteiger partial charge in [-0.3, -0.25) is 29.0 Å². The van der Waals surface area contributed by atoms with E-state index < -0.39 is 0 Å². The molecular formula is C43H48N2O5. The monoisotopic (exact) mass is 672 g/mol. The first-order chi connectivity index (χ1) is 24.3. The summed E-state index contributed by atoms with van der Waals surface area (Å²) in [7, 11) is 0. The van der Waals surface area contributed by atoms with Gasteiger partial charge in [-0.2, -0.15) is 0 Å². The van der Waals surface area contributed by atoms with E-state index in [0.717, 1.165) is 95.7 Å². The SMILES string of the molecule is CCCCCCCCOc1cc2c3c(ccc4c5c(C)cc6c7c(ccc(c1c34)c75)C(=O)N(CCCCC)C6=O)C(=O)N(CCCCC)C2=O. The maximum atomic E-state index is 14.2. The molecule has 0 saturated heterocycles. The zero-order valence-corrected chi connectivity index (χ0v) is 30.0. The first-order valence-electron chi connectivity index (χ1n) is 18.9. The summed E-state index contributed by atoms with van der Waals surface area (Å²) in [5.74, 6) is -0.438. The van der Waals surface area contributed by atoms with Crippen LogP contribution in [0.5, 0.6) is 5.75 Å². The van der Waals surface area contributed by atoms with Gasteiger partial charge in [0.1, 0.15) is 5.75 Å². The third-order valence-corrected chi connectivity index (χ3v) is 10.9. The van der Waals surface area contributed by atoms with E-state index in [4.69, 9.17) is 4.74 Å². The molecule has 0 spiro atoms. The Morgan fingerprint density at radius 3 is 1.52 bits per heavy atom. The Labute approximate surface area is 294 Å². The minimum atomic E-state index is -0.279. The quantitative estimate of drug-likeness (QED) is 0.0451. The van der Waals surface area contributed by atoms with Crippen molar-refractivity contribution in [3.8, 4) is 5.75 Å². The number of carbonyl (C=O) groups excluding carboxylic acids is 4. The van der Waals surface area contributed by atoms with E-state index >= 15 is 0 Å². The predicted molar refractivity (Wildman–Crippen MR) is 201 cm³/mol. The van der Waals surface area contributed by atoms with Crippen molar-refractivity contribution in [3.05, 3.63) is 64.2 Å². The summed E-state index contributed by atoms with van der Waals surface area (Å²) in [4.78, 5) is 58.9. The molecule has 0 saturated carbocycles. The van der Waals surface area contributed by atoms with Gasteiger partial charge in [-0.25, -0.2) is 0 Å². The van der Waals surface area contributed by atoms with Crippen LogP contribution in [0.1, 0.15) is 145 Å². The maximum absolute atomic E-state index is 14.2. The predicted octanol–water partition coefficient (Wildman–Crippen LogP) is 10.4. The zero-order valence-electron chi connectivity index (χ0n) is 30.0. The lowest BCUT2D eigenvalue weighted by Gasteiger charge is -2.31. The summed E-state index contributed by atoms with van der Waals surface area (Å²) in [5, 5.41) is 6.56. The molecule has 0 fully saturated rings. The fourth-order valence-electron chi connectivity index (χ4n) is 8.36. The number of hydrogen-bond acceptors (Lipinski definition) is 5. The fourth-order valence-corrected chi connectivity index (χ4v) is 8.36. The van der Waals surface area contributed by atoms with E-state index in [-0.39, 0.29) is 23.6 Å². The van der Waals surface area contributed by atoms with Gasteiger partial charge in [0.2, 0.25) is 0 Å². The van der Waals surface area contributed by atoms with Crippen LogP contribution >= 0.6 is 0 Å². The first kappa shape index (κ1) is 34.0. The first-order valence-corrected chi connectivity index (χ1v) is 18.9. The van der Waals surface area contributed by atoms with Gasteiger partial charge in [0.25, 0.3) is 23.6 Å². The van der Waals surface area contributed by atoms with Crippen LogP contribution in [0.3, 0.4) is 0 Å². The summed E-state index contributed by atoms with van der Waals surface area (Å²) in [6.45, 7) is 9.72. The van der Waals surface area contributed by atoms with Gasteiger partial charge in [-0.05, 0) is 77.6 Å². The number of amides is 4. The minimum absolute atomic E-state index is 0.250. The normalized spacial score (nSPS) is 14.5. The molecule has 0 aromatic heterocycles. The van der Waals surface area contributed by atoms with Crippen LogP contribution in [-0.4, -0.2) is 53.1 Å². The van der Waals surface area contributed by atoms with Gasteiger partial charge >= 0.3 is 0 Å². The molecule has 0 unspecified atom stereocenters. The standard InChI is InChI=1S/C43H48N2O5/c1-5-8-11-12-13-16-23-50-33-25-32-36-30(41(47)45(43(32)49)22-15-10-7-3)19-17-27-34-26(4)24-31-35-29(20-18-28(38(34)35)37(33)39(27)36)40(46)44(42(31)48)21-14-9-6-2/h17-20,24-25H,5-16,21-23H2,1-4H3. The highest BCUT2D eigenvalue weighted by atomic mass is 16.5. The van der Waals surface area contributed by atoms with Crippen LogP contribution < -0.4 is 4.74 Å². The second-order valence-electron chi connectivity index (χ2n) is 14.3. The van der Waals surface area contributed by atoms with Gasteiger partial charge < -0.3 is 4.74 Å². The van der Waals surface area contributed by atoms with Crippen molar-refractivity contribution in [3.63, 3.8) is 0 Å². The fraction of sp³-hybridized carbons (Fsp3) is 0.442. The topological polar surface area (TPSA) is 84.0 Å². The van der Waals surface area contributed by atoms with Gasteiger partial charge in [0.15, 0.2) is 0 Å². The molecule has 7 rings (SSSR count). The summed E-state index contributed by atoms with van der Waals surface area (Å²) in [5.41, 5.74) is 3.02. The summed E-state index contributed by atoms with van der Waals surface area (Å²) < 4.78 is 6.64. The molecule has 0 radical (unpaired) electrons. The third-order valence-electron chi connectivity index (χ3n) is 10.9. The lowest BCUT2D eigenvalue weighted by atomic mass is 9.80. The van der Waals surface area contributed by atoms with Crippen LogP contribution in [0.4, 0.5) is 0 Å². The molecule has 5 aromatic carbocycles. The van der Waals surface area contributed by atoms with Crippen LogP contribution in [-0.2, 0) is 0 Å². The number of carbonyl (C=O) groups is 4. The largest absolute Gasteiger partial charge is 0.493 e. The third kappa shape index (κ3) is 5.41. The van der Waals surface area contributed by atoms with Crippen molar-refractivity contribution >= 4 is 66.7 Å². The number of ether oxygens (including phenoxy) is 1. The van der Waals surface area contributed by atoms with Crippen molar-refractivity contribution in [1.82, 2.24) is 9.80 Å². The summed E-state index contributed by atoms with van der Waals surface area (Å²) in [6.07, 6.45) is 12.2. The lowest BCUT2D eigenvalue weighted by molar-refractivity contribution is 0.0592. The number of benzene rings is 5. The highest BCUT2D eigenvalue weighted by Gasteiger charge is 2.38. The van der Waals surface area contributed by atoms with Gasteiger partial charge in [-0.15, -0.1) is 0 Å². The van der Waals surface area contributed by atoms with Crippen molar-refractivity contribution in [1.29, 1.82) is 0 Å². The number of nitrogens with zero attached hydrogens (tertiary/aromatic N) is 2. The Balaban J connectivity index is 1.46. The van der Waals surface area contributed by atoms with Crippen molar-refractivity contribution in [2.75, 3.05) is 19.7 Å². The number of rotatable bonds is 16. The van der Waals surface area contributed by atoms with Crippen LogP contribution in [0.25, 0.3) is 43.1 Å². The Bertz CT molecular complexity index is 2160. The molecule has 5 aromatic rings. The molecule has 4 amide bonds. The number of hydrogen-bond donors (Lipinski definition) is 0. The molecular weight excluding hydrogens is 624 g/mol. The Kier molecular flexibility index (Phi) is 9.51. The van der Waals surface area contributed by atoms with Crippen molar-refractivity contribution < 1.29 is 23.9 Å². The molecule has 260 valence electrons. The smallest absolute Gasteiger partial charge is 0.261 e. The van der Waals surface area contributed by atoms with Crippen LogP contribution in [0.2, 0.25) is 0 Å². The minimum Gasteiger partial charge on any atom is -0.493 e. The number of imide groups is 2. The van der Waals surface area contributed by atoms with E-state index in [0.29, 0.717) is 58.5 Å². The number of fused-ring (bicyclic) bond motifs is 2. The van der Waals surface area contributed by atoms with Crippen LogP contribution in [0.15, 0.2) is 36.4 Å². The van der Waals surface area contributed by atoms with Crippen molar-refractivity contribution in [2.45, 2.75) is 105 Å². The molecule has 0 aliphatic carbocycles. The molecule has 2 aliphatic heterocycles. The highest BCUT2D eigenvalue weighted by molar-refractivity contribution is 6.42. The number of unbranched alkanes of at least 4 members (excludes halogenated alkanes) is 9. The van der Waals surface area contributed by atoms with Crippen LogP contribution in [0, 0.1) is 6.92 Å². The molecule has 0 N–H and O–H groups in total. The lowest BCUT2D eigenvalue weighted by Crippen LogP contribution is -2.41. The highest BCUT2D eigenvalue weighted by Crippen LogP contribution is 2.50. The van der Waals surface area contributed by atoms with E-state index in [9.17, 15) is 19.2 Å². The summed E-state index contributed by atoms with van der Waals surface area (Å²) >= 11 is 0. The van der Waals surface area contributed by atoms with E-state index in [1.165, 1.54) is 29.1 Å². The van der Waals surface area contributed by atoms with Gasteiger partial charge in [-0.1, -0.05) is 90.7 Å². The molecule has 0 bridgehead atoms. The average Bonchev–Trinajstić information content (AvgIpc) is 3.12. The second-order valence-corrected chi connectivity index (χ2v) is 14.3. The second kappa shape index (κ2) is 14.0. The number of aryl methyl sites for hydroxylation is 1. The molecule has 7 heteroatoms. The van der Waals surface area contributed by atoms with Crippen molar-refractivity contribution in [2.24, 2.45) is 0 Å². The molecule has 50 heavy (non-hydrogen) atoms. The van der Waals surface area contributed by atoms with E-state index in [1.807, 2.05) is 43.3 Å². The maximum Gasteiger partial charge on any atom is 0.261 e. The average molecular weight is 673 g/mol. The van der Waals surface area contributed by atoms with E-state index in [2.05, 4.69) is 20.8 Å². The Hall–Kier alpha value is -4.52. The Morgan fingerprint density at radius 1 is 0.480 bits per heavy atom. The molecule has 0 atom stereocenters. The molecule has 2 aliphatic rings. The zero-order chi connectivity index (χ0) is 35.1. The van der Waals surface area contributed by atoms with Gasteiger partial charge in [0, 0.05) is 51.3 Å².